The number of benzene rings is 1. The van der Waals surface area contributed by atoms with Gasteiger partial charge in [0.25, 0.3) is 0 Å². The Kier molecular flexibility index (Phi) is 4.36. The van der Waals surface area contributed by atoms with E-state index < -0.39 is 0 Å². The van der Waals surface area contributed by atoms with Crippen molar-refractivity contribution in [2.24, 2.45) is 17.3 Å². The van der Waals surface area contributed by atoms with Gasteiger partial charge in [-0.25, -0.2) is 0 Å². The average Bonchev–Trinajstić information content (AvgIpc) is 3.31. The van der Waals surface area contributed by atoms with Crippen LogP contribution in [0.5, 0.6) is 0 Å². The molecule has 1 saturated carbocycles. The molecule has 0 radical (unpaired) electrons. The van der Waals surface area contributed by atoms with E-state index in [0.717, 1.165) is 43.9 Å². The van der Waals surface area contributed by atoms with Crippen LogP contribution in [0.3, 0.4) is 0 Å². The number of piperidine rings is 1. The van der Waals surface area contributed by atoms with Crippen LogP contribution in [-0.4, -0.2) is 41.4 Å². The van der Waals surface area contributed by atoms with E-state index in [2.05, 4.69) is 42.7 Å². The van der Waals surface area contributed by atoms with Crippen molar-refractivity contribution in [1.29, 1.82) is 0 Å². The normalized spacial score (nSPS) is 31.2. The second kappa shape index (κ2) is 6.28. The molecule has 1 aromatic rings. The predicted molar refractivity (Wildman–Crippen MR) is 102 cm³/mol. The number of rotatable bonds is 3. The third kappa shape index (κ3) is 3.00. The van der Waals surface area contributed by atoms with Crippen molar-refractivity contribution in [1.82, 2.24) is 9.80 Å². The third-order valence-electron chi connectivity index (χ3n) is 6.76. The first-order valence-electron chi connectivity index (χ1n) is 9.71. The van der Waals surface area contributed by atoms with Crippen molar-refractivity contribution in [2.45, 2.75) is 52.1 Å². The number of carbonyl (C=O) groups excluding carboxylic acids is 1. The van der Waals surface area contributed by atoms with Gasteiger partial charge in [-0.1, -0.05) is 30.7 Å². The summed E-state index contributed by atoms with van der Waals surface area (Å²) in [6.45, 7) is 9.76. The highest BCUT2D eigenvalue weighted by Crippen LogP contribution is 2.56. The quantitative estimate of drug-likeness (QED) is 0.799. The molecular weight excluding hydrogens is 332 g/mol. The molecule has 3 unspecified atom stereocenters. The first kappa shape index (κ1) is 17.4. The van der Waals surface area contributed by atoms with Gasteiger partial charge in [0.2, 0.25) is 5.91 Å². The average molecular weight is 361 g/mol. The number of amides is 1. The molecule has 1 aliphatic carbocycles. The Morgan fingerprint density at radius 2 is 1.80 bits per heavy atom. The SMILES string of the molecule is CC1CC1C(=O)N1CCC2(CC1)CN(C(C)C)C2c1ccc(Cl)cc1. The molecule has 3 aliphatic rings. The molecule has 136 valence electrons. The Bertz CT molecular complexity index is 648. The van der Waals surface area contributed by atoms with Crippen LogP contribution in [0.4, 0.5) is 0 Å². The summed E-state index contributed by atoms with van der Waals surface area (Å²) in [5, 5.41) is 0.798. The Balaban J connectivity index is 1.49. The van der Waals surface area contributed by atoms with E-state index in [-0.39, 0.29) is 0 Å². The number of likely N-dealkylation sites (tertiary alicyclic amines) is 2. The molecule has 1 spiro atoms. The van der Waals surface area contributed by atoms with Crippen molar-refractivity contribution >= 4 is 17.5 Å². The molecule has 0 bridgehead atoms. The maximum atomic E-state index is 12.6. The number of halogens is 1. The van der Waals surface area contributed by atoms with Crippen molar-refractivity contribution in [2.75, 3.05) is 19.6 Å². The van der Waals surface area contributed by atoms with Gasteiger partial charge in [-0.15, -0.1) is 0 Å². The second-order valence-electron chi connectivity index (χ2n) is 8.73. The largest absolute Gasteiger partial charge is 0.342 e. The van der Waals surface area contributed by atoms with E-state index in [0.29, 0.717) is 35.2 Å². The summed E-state index contributed by atoms with van der Waals surface area (Å²) in [6.07, 6.45) is 3.34. The standard InChI is InChI=1S/C21H29ClN2O/c1-14(2)24-13-21(19(24)16-4-6-17(22)7-5-16)8-10-23(11-9-21)20(25)18-12-15(18)3/h4-7,14-15,18-19H,8-13H2,1-3H3. The Morgan fingerprint density at radius 1 is 1.20 bits per heavy atom. The minimum atomic E-state index is 0.315. The smallest absolute Gasteiger partial charge is 0.225 e. The van der Waals surface area contributed by atoms with E-state index in [9.17, 15) is 4.79 Å². The summed E-state index contributed by atoms with van der Waals surface area (Å²) in [5.41, 5.74) is 1.70. The predicted octanol–water partition coefficient (Wildman–Crippen LogP) is 4.37. The highest BCUT2D eigenvalue weighted by Gasteiger charge is 2.55. The van der Waals surface area contributed by atoms with Crippen LogP contribution in [0.1, 0.15) is 51.6 Å². The molecule has 3 atom stereocenters. The number of carbonyl (C=O) groups is 1. The lowest BCUT2D eigenvalue weighted by Crippen LogP contribution is -2.64. The van der Waals surface area contributed by atoms with Crippen molar-refractivity contribution in [3.8, 4) is 0 Å². The van der Waals surface area contributed by atoms with Crippen LogP contribution in [0.15, 0.2) is 24.3 Å². The van der Waals surface area contributed by atoms with Crippen molar-refractivity contribution in [3.05, 3.63) is 34.9 Å². The highest BCUT2D eigenvalue weighted by atomic mass is 35.5. The summed E-state index contributed by atoms with van der Waals surface area (Å²) >= 11 is 6.10. The molecule has 3 fully saturated rings. The summed E-state index contributed by atoms with van der Waals surface area (Å²) < 4.78 is 0. The zero-order chi connectivity index (χ0) is 17.8. The maximum Gasteiger partial charge on any atom is 0.225 e. The molecule has 1 amide bonds. The van der Waals surface area contributed by atoms with Crippen LogP contribution >= 0.6 is 11.6 Å². The van der Waals surface area contributed by atoms with E-state index in [1.54, 1.807) is 0 Å². The summed E-state index contributed by atoms with van der Waals surface area (Å²) in [7, 11) is 0. The topological polar surface area (TPSA) is 23.6 Å². The van der Waals surface area contributed by atoms with Gasteiger partial charge in [0, 0.05) is 48.1 Å². The lowest BCUT2D eigenvalue weighted by molar-refractivity contribution is -0.149. The minimum absolute atomic E-state index is 0.315. The monoisotopic (exact) mass is 360 g/mol. The third-order valence-corrected chi connectivity index (χ3v) is 7.01. The van der Waals surface area contributed by atoms with Crippen molar-refractivity contribution < 1.29 is 4.79 Å². The van der Waals surface area contributed by atoms with Crippen LogP contribution in [0, 0.1) is 17.3 Å². The Labute approximate surface area is 156 Å². The highest BCUT2D eigenvalue weighted by molar-refractivity contribution is 6.30. The van der Waals surface area contributed by atoms with E-state index >= 15 is 0 Å². The van der Waals surface area contributed by atoms with Gasteiger partial charge in [0.1, 0.15) is 0 Å². The molecule has 4 rings (SSSR count). The number of nitrogens with zero attached hydrogens (tertiary/aromatic N) is 2. The summed E-state index contributed by atoms with van der Waals surface area (Å²) in [4.78, 5) is 17.3. The lowest BCUT2D eigenvalue weighted by Gasteiger charge is -2.62. The first-order valence-corrected chi connectivity index (χ1v) is 10.1. The molecule has 0 aromatic heterocycles. The Hall–Kier alpha value is -1.06. The fraction of sp³-hybridized carbons (Fsp3) is 0.667. The molecule has 25 heavy (non-hydrogen) atoms. The van der Waals surface area contributed by atoms with Gasteiger partial charge in [-0.2, -0.15) is 0 Å². The molecule has 2 heterocycles. The first-order chi connectivity index (χ1) is 11.9. The van der Waals surface area contributed by atoms with Gasteiger partial charge in [0.05, 0.1) is 0 Å². The van der Waals surface area contributed by atoms with Gasteiger partial charge in [-0.05, 0) is 56.7 Å². The van der Waals surface area contributed by atoms with Gasteiger partial charge in [-0.3, -0.25) is 9.69 Å². The zero-order valence-corrected chi connectivity index (χ0v) is 16.3. The summed E-state index contributed by atoms with van der Waals surface area (Å²) in [6, 6.07) is 9.39. The molecule has 2 aliphatic heterocycles. The number of hydrogen-bond acceptors (Lipinski definition) is 2. The lowest BCUT2D eigenvalue weighted by atomic mass is 9.62. The molecular formula is C21H29ClN2O. The van der Waals surface area contributed by atoms with Crippen LogP contribution < -0.4 is 0 Å². The van der Waals surface area contributed by atoms with Gasteiger partial charge < -0.3 is 4.90 Å². The van der Waals surface area contributed by atoms with Crippen molar-refractivity contribution in [3.63, 3.8) is 0 Å². The fourth-order valence-electron chi connectivity index (χ4n) is 4.96. The molecule has 1 aromatic carbocycles. The van der Waals surface area contributed by atoms with E-state index in [1.165, 1.54) is 5.56 Å². The number of hydrogen-bond donors (Lipinski definition) is 0. The summed E-state index contributed by atoms with van der Waals surface area (Å²) in [5.74, 6) is 1.32. The zero-order valence-electron chi connectivity index (χ0n) is 15.5. The fourth-order valence-corrected chi connectivity index (χ4v) is 5.08. The van der Waals surface area contributed by atoms with Gasteiger partial charge in [0.15, 0.2) is 0 Å². The van der Waals surface area contributed by atoms with Crippen LogP contribution in [-0.2, 0) is 4.79 Å². The van der Waals surface area contributed by atoms with E-state index in [1.807, 2.05) is 12.1 Å². The van der Waals surface area contributed by atoms with E-state index in [4.69, 9.17) is 11.6 Å². The Morgan fingerprint density at radius 3 is 2.32 bits per heavy atom. The van der Waals surface area contributed by atoms with Gasteiger partial charge >= 0.3 is 0 Å². The van der Waals surface area contributed by atoms with Crippen LogP contribution in [0.2, 0.25) is 5.02 Å². The molecule has 4 heteroatoms. The molecule has 0 N–H and O–H groups in total. The maximum absolute atomic E-state index is 12.6. The minimum Gasteiger partial charge on any atom is -0.342 e. The molecule has 2 saturated heterocycles. The van der Waals surface area contributed by atoms with Crippen LogP contribution in [0.25, 0.3) is 0 Å². The second-order valence-corrected chi connectivity index (χ2v) is 9.16. The molecule has 3 nitrogen and oxygen atoms in total.